The summed E-state index contributed by atoms with van der Waals surface area (Å²) in [5.41, 5.74) is 4.76. The van der Waals surface area contributed by atoms with Crippen LogP contribution in [0.1, 0.15) is 70.0 Å². The maximum absolute atomic E-state index is 6.39. The normalized spacial score (nSPS) is 25.8. The van der Waals surface area contributed by atoms with Crippen molar-refractivity contribution in [3.8, 4) is 0 Å². The highest BCUT2D eigenvalue weighted by atomic mass is 35.5. The summed E-state index contributed by atoms with van der Waals surface area (Å²) < 4.78 is 0. The lowest BCUT2D eigenvalue weighted by Gasteiger charge is -2.32. The lowest BCUT2D eigenvalue weighted by Crippen LogP contribution is -2.30. The first-order chi connectivity index (χ1) is 8.22. The molecule has 0 fully saturated rings. The van der Waals surface area contributed by atoms with Crippen LogP contribution in [0.2, 0.25) is 0 Å². The lowest BCUT2D eigenvalue weighted by atomic mass is 9.71. The Morgan fingerprint density at radius 3 is 2.22 bits per heavy atom. The van der Waals surface area contributed by atoms with Crippen molar-refractivity contribution in [3.05, 3.63) is 34.9 Å². The quantitative estimate of drug-likeness (QED) is 0.612. The van der Waals surface area contributed by atoms with Crippen molar-refractivity contribution in [1.29, 1.82) is 0 Å². The van der Waals surface area contributed by atoms with E-state index in [0.717, 1.165) is 6.42 Å². The van der Waals surface area contributed by atoms with E-state index in [0.29, 0.717) is 5.92 Å². The molecule has 1 aromatic rings. The third kappa shape index (κ3) is 1.81. The summed E-state index contributed by atoms with van der Waals surface area (Å²) in [6.45, 7) is 14.0. The molecule has 0 nitrogen and oxygen atoms in total. The molecule has 2 unspecified atom stereocenters. The summed E-state index contributed by atoms with van der Waals surface area (Å²) in [5, 5.41) is 0.144. The lowest BCUT2D eigenvalue weighted by molar-refractivity contribution is 0.264. The van der Waals surface area contributed by atoms with E-state index >= 15 is 0 Å². The molecule has 2 rings (SSSR count). The molecule has 18 heavy (non-hydrogen) atoms. The predicted molar refractivity (Wildman–Crippen MR) is 80.5 cm³/mol. The Kier molecular flexibility index (Phi) is 3.30. The number of hydrogen-bond donors (Lipinski definition) is 0. The molecule has 0 N–H and O–H groups in total. The van der Waals surface area contributed by atoms with Gasteiger partial charge in [-0.2, -0.15) is 0 Å². The molecule has 0 saturated carbocycles. The second-order valence-corrected chi connectivity index (χ2v) is 7.37. The molecule has 0 heterocycles. The van der Waals surface area contributed by atoms with E-state index in [1.54, 1.807) is 0 Å². The summed E-state index contributed by atoms with van der Waals surface area (Å²) in [6, 6.07) is 6.87. The molecule has 2 atom stereocenters. The summed E-state index contributed by atoms with van der Waals surface area (Å²) in [7, 11) is 0. The fourth-order valence-corrected chi connectivity index (χ4v) is 3.59. The van der Waals surface area contributed by atoms with Gasteiger partial charge in [0.2, 0.25) is 0 Å². The van der Waals surface area contributed by atoms with Crippen LogP contribution in [-0.2, 0) is 10.8 Å². The predicted octanol–water partition coefficient (Wildman–Crippen LogP) is 5.58. The van der Waals surface area contributed by atoms with Gasteiger partial charge in [0.05, 0.1) is 5.38 Å². The number of hydrogen-bond acceptors (Lipinski definition) is 0. The van der Waals surface area contributed by atoms with Gasteiger partial charge in [0.15, 0.2) is 0 Å². The Bertz CT molecular complexity index is 457. The second-order valence-electron chi connectivity index (χ2n) is 6.85. The zero-order valence-electron chi connectivity index (χ0n) is 12.5. The van der Waals surface area contributed by atoms with E-state index in [9.17, 15) is 0 Å². The molecule has 1 aliphatic carbocycles. The number of benzene rings is 1. The standard InChI is InChI=1S/C17H25Cl/c1-7-15(18)12-8-9-13-14(10-12)17(5,6)11(2)16(13,3)4/h8-11,15H,7H2,1-6H3. The highest BCUT2D eigenvalue weighted by molar-refractivity contribution is 6.20. The van der Waals surface area contributed by atoms with Crippen molar-refractivity contribution < 1.29 is 0 Å². The van der Waals surface area contributed by atoms with Crippen LogP contribution < -0.4 is 0 Å². The highest BCUT2D eigenvalue weighted by Gasteiger charge is 2.48. The molecule has 0 aromatic heterocycles. The minimum Gasteiger partial charge on any atom is -0.118 e. The van der Waals surface area contributed by atoms with Gasteiger partial charge in [-0.15, -0.1) is 11.6 Å². The van der Waals surface area contributed by atoms with Crippen LogP contribution >= 0.6 is 11.6 Å². The van der Waals surface area contributed by atoms with Crippen LogP contribution in [0.4, 0.5) is 0 Å². The Balaban J connectivity index is 2.58. The summed E-state index contributed by atoms with van der Waals surface area (Å²) >= 11 is 6.39. The van der Waals surface area contributed by atoms with Gasteiger partial charge in [-0.05, 0) is 39.9 Å². The van der Waals surface area contributed by atoms with E-state index in [2.05, 4.69) is 59.7 Å². The molecule has 0 radical (unpaired) electrons. The molecule has 0 aliphatic heterocycles. The Morgan fingerprint density at radius 2 is 1.67 bits per heavy atom. The minimum absolute atomic E-state index is 0.144. The first kappa shape index (κ1) is 13.9. The van der Waals surface area contributed by atoms with Gasteiger partial charge < -0.3 is 0 Å². The highest BCUT2D eigenvalue weighted by Crippen LogP contribution is 2.54. The van der Waals surface area contributed by atoms with Crippen LogP contribution in [0, 0.1) is 5.92 Å². The van der Waals surface area contributed by atoms with E-state index < -0.39 is 0 Å². The molecule has 0 amide bonds. The smallest absolute Gasteiger partial charge is 0.0582 e. The average Bonchev–Trinajstić information content (AvgIpc) is 2.47. The van der Waals surface area contributed by atoms with Crippen LogP contribution in [0.15, 0.2) is 18.2 Å². The Labute approximate surface area is 117 Å². The SMILES string of the molecule is CCC(Cl)c1ccc2c(c1)C(C)(C)C(C)C2(C)C. The molecule has 1 aliphatic rings. The van der Waals surface area contributed by atoms with Crippen LogP contribution in [0.5, 0.6) is 0 Å². The third-order valence-corrected chi connectivity index (χ3v) is 5.88. The van der Waals surface area contributed by atoms with E-state index in [4.69, 9.17) is 11.6 Å². The van der Waals surface area contributed by atoms with Gasteiger partial charge in [-0.25, -0.2) is 0 Å². The van der Waals surface area contributed by atoms with Gasteiger partial charge in [-0.1, -0.05) is 59.7 Å². The molecule has 100 valence electrons. The van der Waals surface area contributed by atoms with Gasteiger partial charge in [0.25, 0.3) is 0 Å². The fourth-order valence-electron chi connectivity index (χ4n) is 3.46. The van der Waals surface area contributed by atoms with Crippen molar-refractivity contribution in [2.45, 2.75) is 64.2 Å². The number of rotatable bonds is 2. The number of alkyl halides is 1. The van der Waals surface area contributed by atoms with E-state index in [-0.39, 0.29) is 16.2 Å². The van der Waals surface area contributed by atoms with Gasteiger partial charge in [-0.3, -0.25) is 0 Å². The Morgan fingerprint density at radius 1 is 1.11 bits per heavy atom. The minimum atomic E-state index is 0.144. The fraction of sp³-hybridized carbons (Fsp3) is 0.647. The monoisotopic (exact) mass is 264 g/mol. The van der Waals surface area contributed by atoms with Gasteiger partial charge in [0, 0.05) is 0 Å². The maximum Gasteiger partial charge on any atom is 0.0582 e. The number of halogens is 1. The van der Waals surface area contributed by atoms with Gasteiger partial charge >= 0.3 is 0 Å². The molecule has 0 saturated heterocycles. The van der Waals surface area contributed by atoms with Crippen LogP contribution in [-0.4, -0.2) is 0 Å². The first-order valence-corrected chi connectivity index (χ1v) is 7.45. The van der Waals surface area contributed by atoms with Crippen molar-refractivity contribution in [1.82, 2.24) is 0 Å². The zero-order valence-corrected chi connectivity index (χ0v) is 13.2. The van der Waals surface area contributed by atoms with Crippen LogP contribution in [0.3, 0.4) is 0 Å². The molecular weight excluding hydrogens is 240 g/mol. The summed E-state index contributed by atoms with van der Waals surface area (Å²) in [4.78, 5) is 0. The largest absolute Gasteiger partial charge is 0.118 e. The van der Waals surface area contributed by atoms with Gasteiger partial charge in [0.1, 0.15) is 0 Å². The maximum atomic E-state index is 6.39. The third-order valence-electron chi connectivity index (χ3n) is 5.32. The molecule has 1 aromatic carbocycles. The molecular formula is C17H25Cl. The van der Waals surface area contributed by atoms with E-state index in [1.807, 2.05) is 0 Å². The van der Waals surface area contributed by atoms with Crippen molar-refractivity contribution in [3.63, 3.8) is 0 Å². The van der Waals surface area contributed by atoms with Crippen molar-refractivity contribution in [2.75, 3.05) is 0 Å². The Hall–Kier alpha value is -0.490. The molecule has 0 bridgehead atoms. The average molecular weight is 265 g/mol. The number of fused-ring (bicyclic) bond motifs is 1. The molecule has 1 heteroatoms. The van der Waals surface area contributed by atoms with Crippen molar-refractivity contribution >= 4 is 11.6 Å². The van der Waals surface area contributed by atoms with Crippen LogP contribution in [0.25, 0.3) is 0 Å². The second kappa shape index (κ2) is 4.27. The van der Waals surface area contributed by atoms with Crippen molar-refractivity contribution in [2.24, 2.45) is 5.92 Å². The first-order valence-electron chi connectivity index (χ1n) is 7.01. The zero-order chi connectivity index (χ0) is 13.7. The topological polar surface area (TPSA) is 0 Å². The molecule has 0 spiro atoms. The summed E-state index contributed by atoms with van der Waals surface area (Å²) in [6.07, 6.45) is 0.986. The summed E-state index contributed by atoms with van der Waals surface area (Å²) in [5.74, 6) is 0.644. The van der Waals surface area contributed by atoms with E-state index in [1.165, 1.54) is 16.7 Å².